The molecule has 6 nitrogen and oxygen atoms in total. The first-order valence-corrected chi connectivity index (χ1v) is 6.99. The van der Waals surface area contributed by atoms with Crippen LogP contribution in [0.5, 0.6) is 0 Å². The standard InChI is InChI=1S/C14H14F3N5O/c15-14(16,17)7-21-6-5-12(13(21)23)20-10-1-3-11(4-2-10)22-9-18-8-19-22/h1-4,8-9,12,20H,5-7H2/t12-/m0/s1. The highest BCUT2D eigenvalue weighted by molar-refractivity contribution is 5.86. The number of anilines is 1. The molecule has 1 fully saturated rings. The third-order valence-electron chi connectivity index (χ3n) is 3.56. The lowest BCUT2D eigenvalue weighted by molar-refractivity contribution is -0.157. The minimum absolute atomic E-state index is 0.104. The highest BCUT2D eigenvalue weighted by atomic mass is 19.4. The number of aromatic nitrogens is 3. The zero-order valence-electron chi connectivity index (χ0n) is 12.0. The summed E-state index contributed by atoms with van der Waals surface area (Å²) in [6.07, 6.45) is -1.06. The van der Waals surface area contributed by atoms with Gasteiger partial charge in [-0.2, -0.15) is 18.3 Å². The largest absolute Gasteiger partial charge is 0.406 e. The summed E-state index contributed by atoms with van der Waals surface area (Å²) in [6, 6.07) is 6.43. The van der Waals surface area contributed by atoms with Crippen LogP contribution >= 0.6 is 0 Å². The van der Waals surface area contributed by atoms with E-state index in [4.69, 9.17) is 0 Å². The van der Waals surface area contributed by atoms with E-state index in [1.165, 1.54) is 6.33 Å². The first-order chi connectivity index (χ1) is 10.9. The molecule has 3 rings (SSSR count). The van der Waals surface area contributed by atoms with Crippen LogP contribution in [-0.4, -0.2) is 50.9 Å². The van der Waals surface area contributed by atoms with Crippen molar-refractivity contribution in [2.24, 2.45) is 0 Å². The van der Waals surface area contributed by atoms with Gasteiger partial charge in [-0.3, -0.25) is 4.79 Å². The Bertz CT molecular complexity index is 669. The molecule has 0 aliphatic carbocycles. The van der Waals surface area contributed by atoms with Crippen molar-refractivity contribution >= 4 is 11.6 Å². The number of nitrogens with zero attached hydrogens (tertiary/aromatic N) is 4. The summed E-state index contributed by atoms with van der Waals surface area (Å²) in [4.78, 5) is 16.7. The van der Waals surface area contributed by atoms with E-state index in [1.54, 1.807) is 35.3 Å². The number of benzene rings is 1. The van der Waals surface area contributed by atoms with E-state index in [0.717, 1.165) is 10.6 Å². The van der Waals surface area contributed by atoms with E-state index in [2.05, 4.69) is 15.4 Å². The van der Waals surface area contributed by atoms with Gasteiger partial charge in [0, 0.05) is 12.2 Å². The second-order valence-corrected chi connectivity index (χ2v) is 5.25. The Morgan fingerprint density at radius 3 is 2.61 bits per heavy atom. The van der Waals surface area contributed by atoms with Crippen LogP contribution in [0.25, 0.3) is 5.69 Å². The Hall–Kier alpha value is -2.58. The molecule has 23 heavy (non-hydrogen) atoms. The molecule has 9 heteroatoms. The first-order valence-electron chi connectivity index (χ1n) is 6.99. The van der Waals surface area contributed by atoms with Crippen LogP contribution in [0.1, 0.15) is 6.42 Å². The maximum atomic E-state index is 12.4. The first kappa shape index (κ1) is 15.3. The number of halogens is 3. The summed E-state index contributed by atoms with van der Waals surface area (Å²) in [5.74, 6) is -0.525. The molecule has 1 aromatic heterocycles. The number of rotatable bonds is 4. The second kappa shape index (κ2) is 5.90. The van der Waals surface area contributed by atoms with Gasteiger partial charge in [0.05, 0.1) is 5.69 Å². The molecule has 0 bridgehead atoms. The van der Waals surface area contributed by atoms with Gasteiger partial charge in [0.15, 0.2) is 0 Å². The van der Waals surface area contributed by atoms with Crippen molar-refractivity contribution in [2.75, 3.05) is 18.4 Å². The molecule has 2 heterocycles. The summed E-state index contributed by atoms with van der Waals surface area (Å²) in [6.45, 7) is -1.09. The summed E-state index contributed by atoms with van der Waals surface area (Å²) in [5, 5.41) is 6.97. The molecule has 1 atom stereocenters. The Morgan fingerprint density at radius 1 is 1.26 bits per heavy atom. The predicted octanol–water partition coefficient (Wildman–Crippen LogP) is 1.84. The predicted molar refractivity (Wildman–Crippen MR) is 76.0 cm³/mol. The zero-order valence-corrected chi connectivity index (χ0v) is 12.0. The summed E-state index contributed by atoms with van der Waals surface area (Å²) in [7, 11) is 0. The topological polar surface area (TPSA) is 63.1 Å². The quantitative estimate of drug-likeness (QED) is 0.932. The van der Waals surface area contributed by atoms with Crippen LogP contribution in [0.3, 0.4) is 0 Å². The van der Waals surface area contributed by atoms with E-state index < -0.39 is 24.7 Å². The number of carbonyl (C=O) groups is 1. The molecule has 2 aromatic rings. The van der Waals surface area contributed by atoms with Gasteiger partial charge in [-0.1, -0.05) is 0 Å². The average molecular weight is 325 g/mol. The Kier molecular flexibility index (Phi) is 3.93. The van der Waals surface area contributed by atoms with Crippen molar-refractivity contribution in [3.05, 3.63) is 36.9 Å². The van der Waals surface area contributed by atoms with Crippen molar-refractivity contribution in [1.29, 1.82) is 0 Å². The lowest BCUT2D eigenvalue weighted by Crippen LogP contribution is -2.39. The molecule has 1 saturated heterocycles. The molecule has 1 N–H and O–H groups in total. The monoisotopic (exact) mass is 325 g/mol. The molecule has 0 spiro atoms. The molecular weight excluding hydrogens is 311 g/mol. The minimum Gasteiger partial charge on any atom is -0.374 e. The maximum absolute atomic E-state index is 12.4. The molecule has 1 aliphatic heterocycles. The number of nitrogens with one attached hydrogen (secondary N) is 1. The molecule has 0 saturated carbocycles. The van der Waals surface area contributed by atoms with Crippen LogP contribution in [-0.2, 0) is 4.79 Å². The van der Waals surface area contributed by atoms with Crippen LogP contribution in [0.2, 0.25) is 0 Å². The van der Waals surface area contributed by atoms with Crippen molar-refractivity contribution < 1.29 is 18.0 Å². The van der Waals surface area contributed by atoms with Gasteiger partial charge in [0.25, 0.3) is 0 Å². The lowest BCUT2D eigenvalue weighted by Gasteiger charge is -2.19. The molecule has 1 aliphatic rings. The smallest absolute Gasteiger partial charge is 0.374 e. The molecule has 0 radical (unpaired) electrons. The Balaban J connectivity index is 1.63. The second-order valence-electron chi connectivity index (χ2n) is 5.25. The van der Waals surface area contributed by atoms with Crippen LogP contribution in [0.4, 0.5) is 18.9 Å². The highest BCUT2D eigenvalue weighted by Gasteiger charge is 2.39. The van der Waals surface area contributed by atoms with E-state index in [-0.39, 0.29) is 6.54 Å². The summed E-state index contributed by atoms with van der Waals surface area (Å²) in [5.41, 5.74) is 1.46. The van der Waals surface area contributed by atoms with Crippen molar-refractivity contribution in [2.45, 2.75) is 18.6 Å². The van der Waals surface area contributed by atoms with Gasteiger partial charge >= 0.3 is 6.18 Å². The molecule has 1 aromatic carbocycles. The summed E-state index contributed by atoms with van der Waals surface area (Å²) >= 11 is 0. The summed E-state index contributed by atoms with van der Waals surface area (Å²) < 4.78 is 38.7. The molecule has 122 valence electrons. The van der Waals surface area contributed by atoms with Gasteiger partial charge in [-0.25, -0.2) is 9.67 Å². The molecule has 1 amide bonds. The molecule has 0 unspecified atom stereocenters. The fraction of sp³-hybridized carbons (Fsp3) is 0.357. The normalized spacial score (nSPS) is 18.5. The third-order valence-corrected chi connectivity index (χ3v) is 3.56. The van der Waals surface area contributed by atoms with E-state index >= 15 is 0 Å². The SMILES string of the molecule is O=C1[C@@H](Nc2ccc(-n3cncn3)cc2)CCN1CC(F)(F)F. The average Bonchev–Trinajstić information content (AvgIpc) is 3.12. The van der Waals surface area contributed by atoms with Crippen molar-refractivity contribution in [3.63, 3.8) is 0 Å². The maximum Gasteiger partial charge on any atom is 0.406 e. The van der Waals surface area contributed by atoms with E-state index in [1.807, 2.05) is 0 Å². The van der Waals surface area contributed by atoms with Gasteiger partial charge < -0.3 is 10.2 Å². The van der Waals surface area contributed by atoms with Gasteiger partial charge in [-0.15, -0.1) is 0 Å². The lowest BCUT2D eigenvalue weighted by atomic mass is 10.2. The van der Waals surface area contributed by atoms with Gasteiger partial charge in [0.1, 0.15) is 25.2 Å². The zero-order chi connectivity index (χ0) is 16.4. The van der Waals surface area contributed by atoms with Crippen LogP contribution in [0, 0.1) is 0 Å². The fourth-order valence-electron chi connectivity index (χ4n) is 2.50. The number of likely N-dealkylation sites (tertiary alicyclic amines) is 1. The number of amides is 1. The van der Waals surface area contributed by atoms with Gasteiger partial charge in [0.2, 0.25) is 5.91 Å². The number of alkyl halides is 3. The third kappa shape index (κ3) is 3.61. The van der Waals surface area contributed by atoms with Crippen molar-refractivity contribution in [1.82, 2.24) is 19.7 Å². The fourth-order valence-corrected chi connectivity index (χ4v) is 2.50. The van der Waals surface area contributed by atoms with Crippen LogP contribution in [0.15, 0.2) is 36.9 Å². The molecular formula is C14H14F3N5O. The van der Waals surface area contributed by atoms with Crippen LogP contribution < -0.4 is 5.32 Å². The number of hydrogen-bond acceptors (Lipinski definition) is 4. The van der Waals surface area contributed by atoms with Crippen molar-refractivity contribution in [3.8, 4) is 5.69 Å². The van der Waals surface area contributed by atoms with E-state index in [0.29, 0.717) is 12.1 Å². The Labute approximate surface area is 129 Å². The number of hydrogen-bond donors (Lipinski definition) is 1. The minimum atomic E-state index is -4.37. The van der Waals surface area contributed by atoms with Gasteiger partial charge in [-0.05, 0) is 30.7 Å². The highest BCUT2D eigenvalue weighted by Crippen LogP contribution is 2.23. The Morgan fingerprint density at radius 2 is 2.00 bits per heavy atom. The number of carbonyl (C=O) groups excluding carboxylic acids is 1. The van der Waals surface area contributed by atoms with E-state index in [9.17, 15) is 18.0 Å².